The van der Waals surface area contributed by atoms with Gasteiger partial charge in [-0.1, -0.05) is 23.2 Å². The van der Waals surface area contributed by atoms with Crippen LogP contribution < -0.4 is 5.32 Å². The first-order chi connectivity index (χ1) is 8.88. The fourth-order valence-electron chi connectivity index (χ4n) is 1.59. The lowest BCUT2D eigenvalue weighted by Crippen LogP contribution is -2.10. The van der Waals surface area contributed by atoms with Crippen LogP contribution in [0.2, 0.25) is 10.0 Å². The lowest BCUT2D eigenvalue weighted by Gasteiger charge is -2.09. The van der Waals surface area contributed by atoms with Gasteiger partial charge in [-0.3, -0.25) is 0 Å². The molecule has 2 aromatic rings. The second-order valence-electron chi connectivity index (χ2n) is 4.09. The Morgan fingerprint density at radius 2 is 1.95 bits per heavy atom. The van der Waals surface area contributed by atoms with Gasteiger partial charge in [-0.25, -0.2) is 8.42 Å². The summed E-state index contributed by atoms with van der Waals surface area (Å²) in [4.78, 5) is 0. The summed E-state index contributed by atoms with van der Waals surface area (Å²) in [6, 6.07) is 1.60. The fourth-order valence-corrected chi connectivity index (χ4v) is 3.44. The molecule has 0 atom stereocenters. The van der Waals surface area contributed by atoms with Gasteiger partial charge < -0.3 is 5.32 Å². The molecular formula is C10H11Cl2N3O2S2. The van der Waals surface area contributed by atoms with Crippen molar-refractivity contribution < 1.29 is 8.42 Å². The molecule has 0 spiro atoms. The third-order valence-electron chi connectivity index (χ3n) is 2.44. The minimum Gasteiger partial charge on any atom is -0.382 e. The van der Waals surface area contributed by atoms with Crippen molar-refractivity contribution in [2.24, 2.45) is 0 Å². The van der Waals surface area contributed by atoms with E-state index in [0.29, 0.717) is 39.7 Å². The van der Waals surface area contributed by atoms with E-state index in [2.05, 4.69) is 14.1 Å². The van der Waals surface area contributed by atoms with Crippen LogP contribution in [-0.2, 0) is 9.84 Å². The predicted octanol–water partition coefficient (Wildman–Crippen LogP) is 2.84. The number of nitrogens with zero attached hydrogens (tertiary/aromatic N) is 2. The van der Waals surface area contributed by atoms with Crippen LogP contribution in [-0.4, -0.2) is 35.7 Å². The Bertz CT molecular complexity index is 700. The Morgan fingerprint density at radius 1 is 1.26 bits per heavy atom. The van der Waals surface area contributed by atoms with E-state index >= 15 is 0 Å². The molecule has 1 heterocycles. The Kier molecular flexibility index (Phi) is 4.50. The molecule has 1 N–H and O–H groups in total. The summed E-state index contributed by atoms with van der Waals surface area (Å²) in [7, 11) is -2.95. The van der Waals surface area contributed by atoms with E-state index in [1.165, 1.54) is 6.26 Å². The number of hydrogen-bond donors (Lipinski definition) is 1. The summed E-state index contributed by atoms with van der Waals surface area (Å²) >= 11 is 13.2. The molecule has 0 amide bonds. The van der Waals surface area contributed by atoms with Crippen LogP contribution in [0.3, 0.4) is 0 Å². The molecule has 2 rings (SSSR count). The predicted molar refractivity (Wildman–Crippen MR) is 80.3 cm³/mol. The van der Waals surface area contributed by atoms with Crippen LogP contribution in [0, 0.1) is 0 Å². The van der Waals surface area contributed by atoms with E-state index < -0.39 is 9.84 Å². The van der Waals surface area contributed by atoms with Gasteiger partial charge in [0, 0.05) is 12.8 Å². The maximum atomic E-state index is 11.0. The molecule has 9 heteroatoms. The van der Waals surface area contributed by atoms with Crippen molar-refractivity contribution in [1.82, 2.24) is 8.75 Å². The van der Waals surface area contributed by atoms with Crippen molar-refractivity contribution in [3.05, 3.63) is 16.1 Å². The minimum absolute atomic E-state index is 0.129. The molecule has 0 saturated carbocycles. The summed E-state index contributed by atoms with van der Waals surface area (Å²) in [6.45, 7) is 0.487. The normalized spacial score (nSPS) is 11.9. The van der Waals surface area contributed by atoms with Gasteiger partial charge in [0.05, 0.1) is 33.2 Å². The quantitative estimate of drug-likeness (QED) is 0.848. The largest absolute Gasteiger partial charge is 0.382 e. The summed E-state index contributed by atoms with van der Waals surface area (Å²) in [5.74, 6) is 0.129. The van der Waals surface area contributed by atoms with E-state index in [1.54, 1.807) is 6.07 Å². The molecule has 5 nitrogen and oxygen atoms in total. The minimum atomic E-state index is -2.95. The van der Waals surface area contributed by atoms with Crippen molar-refractivity contribution >= 4 is 61.5 Å². The number of nitrogens with one attached hydrogen (secondary N) is 1. The second kappa shape index (κ2) is 5.78. The van der Waals surface area contributed by atoms with E-state index in [-0.39, 0.29) is 5.75 Å². The summed E-state index contributed by atoms with van der Waals surface area (Å²) in [5, 5.41) is 3.99. The van der Waals surface area contributed by atoms with Crippen molar-refractivity contribution in [3.63, 3.8) is 0 Å². The highest BCUT2D eigenvalue weighted by Gasteiger charge is 2.13. The molecule has 1 aromatic heterocycles. The highest BCUT2D eigenvalue weighted by molar-refractivity contribution is 7.90. The highest BCUT2D eigenvalue weighted by atomic mass is 35.5. The molecule has 19 heavy (non-hydrogen) atoms. The van der Waals surface area contributed by atoms with Gasteiger partial charge in [-0.15, -0.1) is 0 Å². The molecule has 1 aromatic carbocycles. The monoisotopic (exact) mass is 339 g/mol. The SMILES string of the molecule is CS(=O)(=O)CCCNc1c(Cl)cc(Cl)c2nsnc12. The average Bonchev–Trinajstić information content (AvgIpc) is 2.75. The van der Waals surface area contributed by atoms with Crippen molar-refractivity contribution in [3.8, 4) is 0 Å². The van der Waals surface area contributed by atoms with Crippen LogP contribution in [0.1, 0.15) is 6.42 Å². The number of hydrogen-bond acceptors (Lipinski definition) is 6. The zero-order valence-electron chi connectivity index (χ0n) is 9.98. The number of halogens is 2. The van der Waals surface area contributed by atoms with Gasteiger partial charge in [-0.2, -0.15) is 8.75 Å². The zero-order chi connectivity index (χ0) is 14.0. The fraction of sp³-hybridized carbons (Fsp3) is 0.400. The Labute approximate surface area is 125 Å². The van der Waals surface area contributed by atoms with Crippen LogP contribution in [0.15, 0.2) is 6.07 Å². The molecule has 0 bridgehead atoms. The van der Waals surface area contributed by atoms with Crippen LogP contribution in [0.4, 0.5) is 5.69 Å². The summed E-state index contributed by atoms with van der Waals surface area (Å²) < 4.78 is 30.3. The Hall–Kier alpha value is -0.630. The molecule has 104 valence electrons. The van der Waals surface area contributed by atoms with Crippen molar-refractivity contribution in [2.45, 2.75) is 6.42 Å². The third kappa shape index (κ3) is 3.68. The lowest BCUT2D eigenvalue weighted by atomic mass is 10.2. The summed E-state index contributed by atoms with van der Waals surface area (Å²) in [5.41, 5.74) is 1.85. The van der Waals surface area contributed by atoms with Crippen LogP contribution in [0.5, 0.6) is 0 Å². The lowest BCUT2D eigenvalue weighted by molar-refractivity contribution is 0.600. The first-order valence-electron chi connectivity index (χ1n) is 5.40. The van der Waals surface area contributed by atoms with Gasteiger partial charge in [0.2, 0.25) is 0 Å². The average molecular weight is 340 g/mol. The molecule has 0 aliphatic carbocycles. The molecule has 0 radical (unpaired) electrons. The Balaban J connectivity index is 2.14. The first-order valence-corrected chi connectivity index (χ1v) is 8.95. The van der Waals surface area contributed by atoms with Gasteiger partial charge >= 0.3 is 0 Å². The second-order valence-corrected chi connectivity index (χ2v) is 7.69. The van der Waals surface area contributed by atoms with E-state index in [1.807, 2.05) is 0 Å². The molecule has 0 aliphatic heterocycles. The number of benzene rings is 1. The molecule has 0 unspecified atom stereocenters. The molecular weight excluding hydrogens is 329 g/mol. The van der Waals surface area contributed by atoms with E-state index in [4.69, 9.17) is 23.2 Å². The van der Waals surface area contributed by atoms with Gasteiger partial charge in [-0.05, 0) is 12.5 Å². The van der Waals surface area contributed by atoms with Crippen LogP contribution >= 0.6 is 34.9 Å². The standard InChI is InChI=1S/C10H11Cl2N3O2S2/c1-19(16,17)4-2-3-13-8-6(11)5-7(12)9-10(8)15-18-14-9/h5,13H,2-4H2,1H3. The maximum Gasteiger partial charge on any atom is 0.147 e. The van der Waals surface area contributed by atoms with Gasteiger partial charge in [0.1, 0.15) is 20.9 Å². The molecule has 0 saturated heterocycles. The zero-order valence-corrected chi connectivity index (χ0v) is 13.1. The molecule has 0 fully saturated rings. The summed E-state index contributed by atoms with van der Waals surface area (Å²) in [6.07, 6.45) is 1.71. The van der Waals surface area contributed by atoms with Crippen molar-refractivity contribution in [1.29, 1.82) is 0 Å². The topological polar surface area (TPSA) is 72.0 Å². The van der Waals surface area contributed by atoms with Gasteiger partial charge in [0.25, 0.3) is 0 Å². The van der Waals surface area contributed by atoms with Crippen molar-refractivity contribution in [2.75, 3.05) is 23.9 Å². The van der Waals surface area contributed by atoms with Gasteiger partial charge in [0.15, 0.2) is 0 Å². The highest BCUT2D eigenvalue weighted by Crippen LogP contribution is 2.35. The number of fused-ring (bicyclic) bond motifs is 1. The molecule has 0 aliphatic rings. The Morgan fingerprint density at radius 3 is 2.63 bits per heavy atom. The van der Waals surface area contributed by atoms with E-state index in [9.17, 15) is 8.42 Å². The maximum absolute atomic E-state index is 11.0. The number of anilines is 1. The first kappa shape index (κ1) is 14.8. The van der Waals surface area contributed by atoms with Crippen LogP contribution in [0.25, 0.3) is 11.0 Å². The van der Waals surface area contributed by atoms with E-state index in [0.717, 1.165) is 11.7 Å². The third-order valence-corrected chi connectivity index (χ3v) is 4.58. The number of aromatic nitrogens is 2. The number of rotatable bonds is 5. The smallest absolute Gasteiger partial charge is 0.147 e. The number of sulfone groups is 1.